The van der Waals surface area contributed by atoms with Crippen LogP contribution < -0.4 is 15.2 Å². The van der Waals surface area contributed by atoms with E-state index in [1.165, 1.54) is 0 Å². The van der Waals surface area contributed by atoms with E-state index in [4.69, 9.17) is 16.3 Å². The van der Waals surface area contributed by atoms with Crippen LogP contribution >= 0.6 is 11.6 Å². The summed E-state index contributed by atoms with van der Waals surface area (Å²) >= 11 is 6.45. The first-order valence-electron chi connectivity index (χ1n) is 11.2. The van der Waals surface area contributed by atoms with Gasteiger partial charge in [0.1, 0.15) is 0 Å². The van der Waals surface area contributed by atoms with Crippen LogP contribution in [0.3, 0.4) is 0 Å². The minimum absolute atomic E-state index is 0.0682. The summed E-state index contributed by atoms with van der Waals surface area (Å²) in [6, 6.07) is -0.418. The lowest BCUT2D eigenvalue weighted by molar-refractivity contribution is -0.529. The van der Waals surface area contributed by atoms with E-state index in [1.54, 1.807) is 7.11 Å². The molecule has 0 saturated heterocycles. The number of hydrogen-bond donors (Lipinski definition) is 3. The molecule has 0 bridgehead atoms. The highest BCUT2D eigenvalue weighted by Gasteiger charge is 2.42. The van der Waals surface area contributed by atoms with Crippen LogP contribution in [-0.4, -0.2) is 56.3 Å². The number of nitroso groups, excluding NO2 is 1. The molecule has 0 heterocycles. The fraction of sp³-hybridized carbons (Fsp3) is 0.950. The van der Waals surface area contributed by atoms with Gasteiger partial charge in [-0.2, -0.15) is 0 Å². The van der Waals surface area contributed by atoms with Crippen molar-refractivity contribution in [2.45, 2.75) is 105 Å². The molecule has 30 heavy (non-hydrogen) atoms. The third-order valence-corrected chi connectivity index (χ3v) is 9.46. The zero-order valence-electron chi connectivity index (χ0n) is 17.6. The van der Waals surface area contributed by atoms with Crippen LogP contribution in [0, 0.1) is 10.8 Å². The molecule has 7 atom stereocenters. The van der Waals surface area contributed by atoms with Crippen molar-refractivity contribution in [3.05, 3.63) is 4.91 Å². The molecule has 0 spiro atoms. The highest BCUT2D eigenvalue weighted by molar-refractivity contribution is 7.90. The monoisotopic (exact) mass is 464 g/mol. The molecule has 10 heteroatoms. The number of amides is 1. The Hall–Kier alpha value is -0.770. The molecular formula is C20H35ClN3O5S+. The van der Waals surface area contributed by atoms with E-state index in [9.17, 15) is 18.1 Å². The van der Waals surface area contributed by atoms with E-state index >= 15 is 0 Å². The van der Waals surface area contributed by atoms with Crippen LogP contribution in [0.25, 0.3) is 0 Å². The molecule has 0 aromatic rings. The first kappa shape index (κ1) is 23.9. The number of hydrogen-bond acceptors (Lipinski definition) is 5. The summed E-state index contributed by atoms with van der Waals surface area (Å²) in [6.45, 7) is 0. The molecule has 1 amide bonds. The summed E-state index contributed by atoms with van der Waals surface area (Å²) in [5.41, 5.74) is 0. The van der Waals surface area contributed by atoms with Crippen LogP contribution in [0.4, 0.5) is 0 Å². The number of alkyl halides is 1. The van der Waals surface area contributed by atoms with Gasteiger partial charge in [0.25, 0.3) is 0 Å². The highest BCUT2D eigenvalue weighted by atomic mass is 35.5. The van der Waals surface area contributed by atoms with Gasteiger partial charge in [0, 0.05) is 42.3 Å². The van der Waals surface area contributed by atoms with Crippen molar-refractivity contribution in [2.24, 2.45) is 5.92 Å². The second-order valence-corrected chi connectivity index (χ2v) is 11.6. The fourth-order valence-electron chi connectivity index (χ4n) is 5.21. The van der Waals surface area contributed by atoms with Crippen molar-refractivity contribution in [1.82, 2.24) is 10.0 Å². The quantitative estimate of drug-likeness (QED) is 0.484. The third-order valence-electron chi connectivity index (χ3n) is 7.00. The summed E-state index contributed by atoms with van der Waals surface area (Å²) < 4.78 is 34.5. The molecule has 3 saturated carbocycles. The second kappa shape index (κ2) is 10.7. The number of ether oxygens (including phenoxy) is 1. The zero-order valence-corrected chi connectivity index (χ0v) is 19.2. The molecule has 7 unspecified atom stereocenters. The third kappa shape index (κ3) is 5.93. The number of rotatable bonds is 7. The summed E-state index contributed by atoms with van der Waals surface area (Å²) in [7, 11) is -1.96. The van der Waals surface area contributed by atoms with Crippen LogP contribution in [0.15, 0.2) is 0 Å². The van der Waals surface area contributed by atoms with Crippen molar-refractivity contribution in [3.8, 4) is 0 Å². The lowest BCUT2D eigenvalue weighted by atomic mass is 9.86. The van der Waals surface area contributed by atoms with E-state index in [2.05, 4.69) is 10.0 Å². The number of methoxy groups -OCH3 is 1. The van der Waals surface area contributed by atoms with Gasteiger partial charge in [-0.15, -0.1) is 11.6 Å². The SMILES string of the molecule is COC1CCCCC1NS(=O)(=O)C1CCC(Cl)C(C(=O)NC2CCCC([NH+]=O)C2)C1. The van der Waals surface area contributed by atoms with Gasteiger partial charge in [-0.3, -0.25) is 4.79 Å². The zero-order chi connectivity index (χ0) is 21.7. The lowest BCUT2D eigenvalue weighted by Crippen LogP contribution is -2.74. The highest BCUT2D eigenvalue weighted by Crippen LogP contribution is 2.34. The van der Waals surface area contributed by atoms with E-state index < -0.39 is 21.2 Å². The van der Waals surface area contributed by atoms with E-state index in [0.717, 1.165) is 44.9 Å². The van der Waals surface area contributed by atoms with E-state index in [0.29, 0.717) is 19.3 Å². The van der Waals surface area contributed by atoms with Crippen molar-refractivity contribution < 1.29 is 23.1 Å². The largest absolute Gasteiger partial charge is 0.380 e. The molecule has 3 fully saturated rings. The molecular weight excluding hydrogens is 430 g/mol. The Morgan fingerprint density at radius 1 is 1.03 bits per heavy atom. The Morgan fingerprint density at radius 2 is 1.80 bits per heavy atom. The predicted molar refractivity (Wildman–Crippen MR) is 114 cm³/mol. The standard InChI is InChI=1S/C20H34ClN3O5S/c1-29-19-8-3-2-7-18(19)24-30(27,28)15-9-10-17(21)16(12-15)20(25)22-13-5-4-6-14(11-13)23-26/h13-19,24H,2-12H2,1H3,(H,22,25)/p+1. The topological polar surface area (TPSA) is 116 Å². The fourth-order valence-corrected chi connectivity index (χ4v) is 7.34. The first-order chi connectivity index (χ1) is 14.3. The van der Waals surface area contributed by atoms with Crippen LogP contribution in [0.2, 0.25) is 0 Å². The maximum Gasteiger partial charge on any atom is 0.224 e. The second-order valence-electron chi connectivity index (χ2n) is 9.07. The van der Waals surface area contributed by atoms with Crippen molar-refractivity contribution in [3.63, 3.8) is 0 Å². The van der Waals surface area contributed by atoms with Gasteiger partial charge in [0.2, 0.25) is 22.0 Å². The molecule has 0 aromatic carbocycles. The molecule has 8 nitrogen and oxygen atoms in total. The van der Waals surface area contributed by atoms with Gasteiger partial charge in [-0.1, -0.05) is 12.8 Å². The van der Waals surface area contributed by atoms with Gasteiger partial charge in [0.15, 0.2) is 0 Å². The first-order valence-corrected chi connectivity index (χ1v) is 13.2. The Bertz CT molecular complexity index is 707. The van der Waals surface area contributed by atoms with Gasteiger partial charge < -0.3 is 10.1 Å². The van der Waals surface area contributed by atoms with Gasteiger partial charge in [-0.25, -0.2) is 13.1 Å². The minimum Gasteiger partial charge on any atom is -0.380 e. The van der Waals surface area contributed by atoms with Crippen molar-refractivity contribution in [2.75, 3.05) is 7.11 Å². The Morgan fingerprint density at radius 3 is 2.53 bits per heavy atom. The normalized spacial score (nSPS) is 38.0. The molecule has 172 valence electrons. The van der Waals surface area contributed by atoms with Crippen LogP contribution in [0.1, 0.15) is 70.6 Å². The molecule has 3 N–H and O–H groups in total. The predicted octanol–water partition coefficient (Wildman–Crippen LogP) is 0.914. The lowest BCUT2D eigenvalue weighted by Gasteiger charge is -2.36. The molecule has 3 aliphatic carbocycles. The number of carbonyl (C=O) groups is 1. The Balaban J connectivity index is 1.60. The summed E-state index contributed by atoms with van der Waals surface area (Å²) in [5.74, 6) is -0.744. The Kier molecular flexibility index (Phi) is 8.52. The number of halogens is 1. The molecule has 0 radical (unpaired) electrons. The van der Waals surface area contributed by atoms with Gasteiger partial charge in [0.05, 0.1) is 17.3 Å². The van der Waals surface area contributed by atoms with E-state index in [1.807, 2.05) is 5.18 Å². The number of carbonyl (C=O) groups excluding carboxylic acids is 1. The average molecular weight is 465 g/mol. The summed E-state index contributed by atoms with van der Waals surface area (Å²) in [6.07, 6.45) is 7.80. The maximum atomic E-state index is 13.1. The van der Waals surface area contributed by atoms with Crippen molar-refractivity contribution >= 4 is 27.5 Å². The smallest absolute Gasteiger partial charge is 0.224 e. The van der Waals surface area contributed by atoms with Crippen molar-refractivity contribution in [1.29, 1.82) is 0 Å². The molecule has 3 rings (SSSR count). The van der Waals surface area contributed by atoms with Gasteiger partial charge in [-0.05, 0) is 50.1 Å². The average Bonchev–Trinajstić information content (AvgIpc) is 2.74. The Labute approximate surface area is 184 Å². The minimum atomic E-state index is -3.58. The van der Waals surface area contributed by atoms with E-state index in [-0.39, 0.29) is 41.9 Å². The maximum absolute atomic E-state index is 13.1. The van der Waals surface area contributed by atoms with Gasteiger partial charge >= 0.3 is 0 Å². The number of sulfonamides is 1. The summed E-state index contributed by atoms with van der Waals surface area (Å²) in [5, 5.41) is 4.05. The molecule has 0 aromatic heterocycles. The summed E-state index contributed by atoms with van der Waals surface area (Å²) in [4.78, 5) is 23.9. The van der Waals surface area contributed by atoms with Crippen LogP contribution in [-0.2, 0) is 19.6 Å². The van der Waals surface area contributed by atoms with Crippen LogP contribution in [0.5, 0.6) is 0 Å². The molecule has 0 aliphatic heterocycles. The number of nitrogens with one attached hydrogen (secondary N) is 3. The molecule has 3 aliphatic rings.